The van der Waals surface area contributed by atoms with Gasteiger partial charge in [0, 0.05) is 37.6 Å². The summed E-state index contributed by atoms with van der Waals surface area (Å²) in [6.07, 6.45) is 3.07. The summed E-state index contributed by atoms with van der Waals surface area (Å²) in [4.78, 5) is 4.29. The average Bonchev–Trinajstić information content (AvgIpc) is 2.69. The van der Waals surface area contributed by atoms with Crippen LogP contribution in [-0.4, -0.2) is 46.9 Å². The van der Waals surface area contributed by atoms with Crippen molar-refractivity contribution >= 4 is 41.7 Å². The molecule has 1 rings (SSSR count). The lowest BCUT2D eigenvalue weighted by molar-refractivity contribution is 0.635. The third-order valence-corrected chi connectivity index (χ3v) is 4.71. The van der Waals surface area contributed by atoms with Crippen LogP contribution in [0.1, 0.15) is 30.8 Å². The van der Waals surface area contributed by atoms with Gasteiger partial charge in [-0.1, -0.05) is 6.92 Å². The molecule has 0 amide bonds. The highest BCUT2D eigenvalue weighted by Gasteiger charge is 2.14. The van der Waals surface area contributed by atoms with Crippen LogP contribution in [-0.2, 0) is 13.5 Å². The molecule has 0 bridgehead atoms. The fraction of sp³-hybridized carbons (Fsp3) is 0.733. The molecule has 128 valence electrons. The second-order valence-corrected chi connectivity index (χ2v) is 6.80. The standard InChI is InChI=1S/C15H29N5S.HI/c1-10(8-14-12(3)19-20(6)13(14)4)18-15(16-5)17-9-11(2)21-7;/h10-11H,8-9H2,1-7H3,(H2,16,17,18);1H. The zero-order valence-corrected chi connectivity index (χ0v) is 17.9. The van der Waals surface area contributed by atoms with Crippen LogP contribution >= 0.6 is 35.7 Å². The van der Waals surface area contributed by atoms with Crippen molar-refractivity contribution in [2.75, 3.05) is 19.8 Å². The van der Waals surface area contributed by atoms with Crippen LogP contribution in [0.25, 0.3) is 0 Å². The van der Waals surface area contributed by atoms with Crippen molar-refractivity contribution in [1.29, 1.82) is 0 Å². The van der Waals surface area contributed by atoms with E-state index in [2.05, 4.69) is 54.7 Å². The molecule has 2 atom stereocenters. The molecule has 22 heavy (non-hydrogen) atoms. The molecule has 0 spiro atoms. The first-order chi connectivity index (χ1) is 9.88. The maximum Gasteiger partial charge on any atom is 0.191 e. The normalized spacial score (nSPS) is 14.2. The Morgan fingerprint density at radius 1 is 1.36 bits per heavy atom. The first kappa shape index (κ1) is 21.6. The predicted molar refractivity (Wildman–Crippen MR) is 109 cm³/mol. The quantitative estimate of drug-likeness (QED) is 0.407. The van der Waals surface area contributed by atoms with E-state index in [1.54, 1.807) is 0 Å². The van der Waals surface area contributed by atoms with Crippen LogP contribution in [0.4, 0.5) is 0 Å². The van der Waals surface area contributed by atoms with Crippen LogP contribution in [0.5, 0.6) is 0 Å². The van der Waals surface area contributed by atoms with Crippen LogP contribution in [0, 0.1) is 13.8 Å². The molecule has 0 saturated carbocycles. The lowest BCUT2D eigenvalue weighted by Crippen LogP contribution is -2.44. The molecule has 0 radical (unpaired) electrons. The van der Waals surface area contributed by atoms with Crippen molar-refractivity contribution in [2.24, 2.45) is 12.0 Å². The fourth-order valence-electron chi connectivity index (χ4n) is 2.22. The van der Waals surface area contributed by atoms with Crippen molar-refractivity contribution in [3.05, 3.63) is 17.0 Å². The van der Waals surface area contributed by atoms with Gasteiger partial charge in [0.15, 0.2) is 5.96 Å². The lowest BCUT2D eigenvalue weighted by Gasteiger charge is -2.19. The zero-order chi connectivity index (χ0) is 16.0. The van der Waals surface area contributed by atoms with Gasteiger partial charge in [0.25, 0.3) is 0 Å². The Morgan fingerprint density at radius 3 is 2.45 bits per heavy atom. The number of aromatic nitrogens is 2. The van der Waals surface area contributed by atoms with Gasteiger partial charge < -0.3 is 10.6 Å². The Hall–Kier alpha value is -0.440. The summed E-state index contributed by atoms with van der Waals surface area (Å²) >= 11 is 1.85. The van der Waals surface area contributed by atoms with Gasteiger partial charge in [0.1, 0.15) is 0 Å². The highest BCUT2D eigenvalue weighted by molar-refractivity contribution is 14.0. The monoisotopic (exact) mass is 439 g/mol. The Morgan fingerprint density at radius 2 is 2.00 bits per heavy atom. The minimum absolute atomic E-state index is 0. The second-order valence-electron chi connectivity index (χ2n) is 5.52. The molecule has 0 aliphatic rings. The number of nitrogens with one attached hydrogen (secondary N) is 2. The largest absolute Gasteiger partial charge is 0.355 e. The van der Waals surface area contributed by atoms with E-state index in [-0.39, 0.29) is 24.0 Å². The fourth-order valence-corrected chi connectivity index (χ4v) is 2.47. The van der Waals surface area contributed by atoms with Crippen molar-refractivity contribution in [1.82, 2.24) is 20.4 Å². The topological polar surface area (TPSA) is 54.2 Å². The summed E-state index contributed by atoms with van der Waals surface area (Å²) in [5.74, 6) is 0.864. The van der Waals surface area contributed by atoms with Gasteiger partial charge >= 0.3 is 0 Å². The van der Waals surface area contributed by atoms with Gasteiger partial charge in [-0.05, 0) is 39.0 Å². The third kappa shape index (κ3) is 6.36. The Labute approximate surface area is 156 Å². The molecule has 1 heterocycles. The van der Waals surface area contributed by atoms with Crippen molar-refractivity contribution in [3.63, 3.8) is 0 Å². The summed E-state index contributed by atoms with van der Waals surface area (Å²) in [5.41, 5.74) is 3.67. The van der Waals surface area contributed by atoms with Crippen molar-refractivity contribution < 1.29 is 0 Å². The molecule has 1 aromatic heterocycles. The minimum Gasteiger partial charge on any atom is -0.355 e. The molecule has 0 aliphatic carbocycles. The van der Waals surface area contributed by atoms with Gasteiger partial charge in [-0.25, -0.2) is 0 Å². The van der Waals surface area contributed by atoms with Crippen molar-refractivity contribution in [3.8, 4) is 0 Å². The molecule has 0 aliphatic heterocycles. The molecule has 2 unspecified atom stereocenters. The summed E-state index contributed by atoms with van der Waals surface area (Å²) < 4.78 is 1.95. The first-order valence-corrected chi connectivity index (χ1v) is 8.66. The molecular formula is C15H30IN5S. The zero-order valence-electron chi connectivity index (χ0n) is 14.7. The van der Waals surface area contributed by atoms with E-state index in [1.165, 1.54) is 11.3 Å². The maximum absolute atomic E-state index is 4.47. The number of thioether (sulfide) groups is 1. The van der Waals surface area contributed by atoms with Crippen LogP contribution in [0.3, 0.4) is 0 Å². The Kier molecular flexibility index (Phi) is 10.1. The van der Waals surface area contributed by atoms with E-state index in [0.717, 1.165) is 24.6 Å². The number of hydrogen-bond donors (Lipinski definition) is 2. The lowest BCUT2D eigenvalue weighted by atomic mass is 10.1. The number of hydrogen-bond acceptors (Lipinski definition) is 3. The molecule has 0 fully saturated rings. The molecule has 7 heteroatoms. The molecule has 1 aromatic rings. The number of aliphatic imine (C=N–C) groups is 1. The van der Waals surface area contributed by atoms with E-state index in [4.69, 9.17) is 0 Å². The second kappa shape index (κ2) is 10.4. The summed E-state index contributed by atoms with van der Waals surface area (Å²) in [6.45, 7) is 9.49. The Balaban J connectivity index is 0.00000441. The van der Waals surface area contributed by atoms with Crippen LogP contribution < -0.4 is 10.6 Å². The summed E-state index contributed by atoms with van der Waals surface area (Å²) in [5, 5.41) is 11.9. The summed E-state index contributed by atoms with van der Waals surface area (Å²) in [7, 11) is 3.81. The minimum atomic E-state index is 0. The first-order valence-electron chi connectivity index (χ1n) is 7.38. The molecule has 2 N–H and O–H groups in total. The van der Waals surface area contributed by atoms with Gasteiger partial charge in [0.05, 0.1) is 5.69 Å². The molecule has 0 saturated heterocycles. The third-order valence-electron chi connectivity index (χ3n) is 3.74. The number of guanidine groups is 1. The average molecular weight is 439 g/mol. The maximum atomic E-state index is 4.47. The van der Waals surface area contributed by atoms with Crippen LogP contribution in [0.2, 0.25) is 0 Å². The van der Waals surface area contributed by atoms with Gasteiger partial charge in [-0.3, -0.25) is 9.67 Å². The van der Waals surface area contributed by atoms with Crippen LogP contribution in [0.15, 0.2) is 4.99 Å². The molecule has 5 nitrogen and oxygen atoms in total. The summed E-state index contributed by atoms with van der Waals surface area (Å²) in [6, 6.07) is 0.308. The highest BCUT2D eigenvalue weighted by Crippen LogP contribution is 2.14. The van der Waals surface area contributed by atoms with E-state index >= 15 is 0 Å². The van der Waals surface area contributed by atoms with Gasteiger partial charge in [0.2, 0.25) is 0 Å². The van der Waals surface area contributed by atoms with Gasteiger partial charge in [-0.2, -0.15) is 16.9 Å². The van der Waals surface area contributed by atoms with E-state index in [9.17, 15) is 0 Å². The number of rotatable bonds is 6. The smallest absolute Gasteiger partial charge is 0.191 e. The van der Waals surface area contributed by atoms with Gasteiger partial charge in [-0.15, -0.1) is 24.0 Å². The highest BCUT2D eigenvalue weighted by atomic mass is 127. The number of aryl methyl sites for hydroxylation is 2. The van der Waals surface area contributed by atoms with E-state index in [0.29, 0.717) is 11.3 Å². The number of halogens is 1. The van der Waals surface area contributed by atoms with Crippen molar-refractivity contribution in [2.45, 2.75) is 45.4 Å². The van der Waals surface area contributed by atoms with E-state index in [1.807, 2.05) is 30.5 Å². The SMILES string of the molecule is CN=C(NCC(C)SC)NC(C)Cc1c(C)nn(C)c1C.I. The predicted octanol–water partition coefficient (Wildman–Crippen LogP) is 2.50. The number of nitrogens with zero attached hydrogens (tertiary/aromatic N) is 3. The Bertz CT molecular complexity index is 487. The van der Waals surface area contributed by atoms with E-state index < -0.39 is 0 Å². The molecular weight excluding hydrogens is 409 g/mol. The molecule has 0 aromatic carbocycles.